The van der Waals surface area contributed by atoms with Crippen LogP contribution < -0.4 is 0 Å². The molecule has 0 saturated heterocycles. The van der Waals surface area contributed by atoms with Gasteiger partial charge in [0.15, 0.2) is 0 Å². The van der Waals surface area contributed by atoms with Gasteiger partial charge in [0.25, 0.3) is 0 Å². The molecule has 0 heterocycles. The van der Waals surface area contributed by atoms with Crippen molar-refractivity contribution in [3.8, 4) is 0 Å². The molecule has 0 fully saturated rings. The molecule has 0 unspecified atom stereocenters. The van der Waals surface area contributed by atoms with E-state index in [2.05, 4.69) is 34.6 Å². The summed E-state index contributed by atoms with van der Waals surface area (Å²) in [7, 11) is 0. The van der Waals surface area contributed by atoms with E-state index in [-0.39, 0.29) is 0 Å². The molecule has 0 heteroatoms. The fraction of sp³-hybridized carbons (Fsp3) is 1.00. The zero-order valence-electron chi connectivity index (χ0n) is 11.0. The summed E-state index contributed by atoms with van der Waals surface area (Å²) in [4.78, 5) is 0. The Morgan fingerprint density at radius 3 is 1.93 bits per heavy atom. The molecule has 0 nitrogen and oxygen atoms in total. The summed E-state index contributed by atoms with van der Waals surface area (Å²) in [6, 6.07) is 0. The molecule has 0 aliphatic rings. The van der Waals surface area contributed by atoms with E-state index in [1.165, 1.54) is 44.9 Å². The Hall–Kier alpha value is 0. The molecule has 0 saturated carbocycles. The monoisotopic (exact) mass is 198 g/mol. The van der Waals surface area contributed by atoms with E-state index in [9.17, 15) is 0 Å². The smallest absolute Gasteiger partial charge is 0.0354 e. The summed E-state index contributed by atoms with van der Waals surface area (Å²) < 4.78 is 0. The van der Waals surface area contributed by atoms with Gasteiger partial charge < -0.3 is 0 Å². The van der Waals surface area contributed by atoms with E-state index >= 15 is 0 Å². The van der Waals surface area contributed by atoms with E-state index in [0.717, 1.165) is 5.92 Å². The zero-order valence-corrected chi connectivity index (χ0v) is 11.0. The third-order valence-electron chi connectivity index (χ3n) is 3.55. The minimum absolute atomic E-state index is 0.584. The standard InChI is InChI=1S/C14H30/c1-6-11-14(4,5)12-9-10-13(7-2)8-3/h13H,6-12H2,1-5H3. The Morgan fingerprint density at radius 1 is 0.929 bits per heavy atom. The number of hydrogen-bond acceptors (Lipinski definition) is 0. The second kappa shape index (κ2) is 7.31. The highest BCUT2D eigenvalue weighted by atomic mass is 14.2. The molecule has 0 aliphatic carbocycles. The fourth-order valence-corrected chi connectivity index (χ4v) is 2.37. The van der Waals surface area contributed by atoms with Crippen molar-refractivity contribution in [1.82, 2.24) is 0 Å². The predicted molar refractivity (Wildman–Crippen MR) is 66.6 cm³/mol. The van der Waals surface area contributed by atoms with Crippen LogP contribution in [0.3, 0.4) is 0 Å². The van der Waals surface area contributed by atoms with E-state index in [4.69, 9.17) is 0 Å². The molecule has 0 bridgehead atoms. The first-order valence-corrected chi connectivity index (χ1v) is 6.55. The first-order chi connectivity index (χ1) is 6.55. The first-order valence-electron chi connectivity index (χ1n) is 6.55. The van der Waals surface area contributed by atoms with Crippen molar-refractivity contribution in [2.24, 2.45) is 11.3 Å². The third-order valence-corrected chi connectivity index (χ3v) is 3.55. The van der Waals surface area contributed by atoms with Gasteiger partial charge in [-0.2, -0.15) is 0 Å². The van der Waals surface area contributed by atoms with Gasteiger partial charge in [-0.05, 0) is 24.2 Å². The van der Waals surface area contributed by atoms with Gasteiger partial charge in [0.1, 0.15) is 0 Å². The number of hydrogen-bond donors (Lipinski definition) is 0. The maximum Gasteiger partial charge on any atom is -0.0354 e. The lowest BCUT2D eigenvalue weighted by Gasteiger charge is -2.24. The molecule has 0 atom stereocenters. The zero-order chi connectivity index (χ0) is 11.0. The van der Waals surface area contributed by atoms with Gasteiger partial charge in [0.05, 0.1) is 0 Å². The van der Waals surface area contributed by atoms with Crippen LogP contribution in [0.1, 0.15) is 79.6 Å². The molecule has 86 valence electrons. The predicted octanol–water partition coefficient (Wildman–Crippen LogP) is 5.42. The lowest BCUT2D eigenvalue weighted by molar-refractivity contribution is 0.279. The van der Waals surface area contributed by atoms with Crippen molar-refractivity contribution in [2.75, 3.05) is 0 Å². The molecule has 14 heavy (non-hydrogen) atoms. The van der Waals surface area contributed by atoms with Gasteiger partial charge in [-0.1, -0.05) is 66.7 Å². The lowest BCUT2D eigenvalue weighted by Crippen LogP contribution is -2.11. The van der Waals surface area contributed by atoms with Gasteiger partial charge in [-0.25, -0.2) is 0 Å². The van der Waals surface area contributed by atoms with Gasteiger partial charge >= 0.3 is 0 Å². The second-order valence-electron chi connectivity index (χ2n) is 5.49. The topological polar surface area (TPSA) is 0 Å². The molecular formula is C14H30. The van der Waals surface area contributed by atoms with E-state index in [1.807, 2.05) is 0 Å². The Balaban J connectivity index is 3.60. The molecule has 0 aromatic heterocycles. The molecule has 0 N–H and O–H groups in total. The van der Waals surface area contributed by atoms with E-state index in [1.54, 1.807) is 0 Å². The van der Waals surface area contributed by atoms with E-state index < -0.39 is 0 Å². The largest absolute Gasteiger partial charge is 0.0654 e. The Bertz CT molecular complexity index is 120. The molecule has 0 rings (SSSR count). The van der Waals surface area contributed by atoms with Gasteiger partial charge in [0.2, 0.25) is 0 Å². The van der Waals surface area contributed by atoms with Crippen LogP contribution in [0.5, 0.6) is 0 Å². The maximum absolute atomic E-state index is 2.42. The summed E-state index contributed by atoms with van der Waals surface area (Å²) in [5.41, 5.74) is 0.584. The average molecular weight is 198 g/mol. The molecule has 0 aromatic carbocycles. The summed E-state index contributed by atoms with van der Waals surface area (Å²) in [6.45, 7) is 11.8. The normalized spacial score (nSPS) is 12.4. The van der Waals surface area contributed by atoms with Crippen LogP contribution in [0.4, 0.5) is 0 Å². The summed E-state index contributed by atoms with van der Waals surface area (Å²) >= 11 is 0. The van der Waals surface area contributed by atoms with Crippen molar-refractivity contribution in [1.29, 1.82) is 0 Å². The van der Waals surface area contributed by atoms with Crippen molar-refractivity contribution >= 4 is 0 Å². The Kier molecular flexibility index (Phi) is 7.31. The molecular weight excluding hydrogens is 168 g/mol. The van der Waals surface area contributed by atoms with E-state index in [0.29, 0.717) is 5.41 Å². The summed E-state index contributed by atoms with van der Waals surface area (Å²) in [5.74, 6) is 0.979. The minimum atomic E-state index is 0.584. The minimum Gasteiger partial charge on any atom is -0.0654 e. The van der Waals surface area contributed by atoms with Crippen molar-refractivity contribution < 1.29 is 0 Å². The highest BCUT2D eigenvalue weighted by Crippen LogP contribution is 2.30. The second-order valence-corrected chi connectivity index (χ2v) is 5.49. The molecule has 0 aliphatic heterocycles. The molecule has 0 spiro atoms. The van der Waals surface area contributed by atoms with Crippen molar-refractivity contribution in [2.45, 2.75) is 79.6 Å². The third kappa shape index (κ3) is 6.45. The van der Waals surface area contributed by atoms with Gasteiger partial charge in [-0.3, -0.25) is 0 Å². The van der Waals surface area contributed by atoms with Crippen LogP contribution in [0.25, 0.3) is 0 Å². The van der Waals surface area contributed by atoms with Gasteiger partial charge in [0, 0.05) is 0 Å². The van der Waals surface area contributed by atoms with Crippen LogP contribution in [0.15, 0.2) is 0 Å². The Morgan fingerprint density at radius 2 is 1.50 bits per heavy atom. The van der Waals surface area contributed by atoms with Crippen molar-refractivity contribution in [3.05, 3.63) is 0 Å². The fourth-order valence-electron chi connectivity index (χ4n) is 2.37. The molecule has 0 radical (unpaired) electrons. The summed E-state index contributed by atoms with van der Waals surface area (Å²) in [6.07, 6.45) is 9.74. The van der Waals surface area contributed by atoms with Crippen LogP contribution >= 0.6 is 0 Å². The van der Waals surface area contributed by atoms with Crippen molar-refractivity contribution in [3.63, 3.8) is 0 Å². The van der Waals surface area contributed by atoms with Crippen LogP contribution in [-0.2, 0) is 0 Å². The first kappa shape index (κ1) is 14.0. The van der Waals surface area contributed by atoms with Gasteiger partial charge in [-0.15, -0.1) is 0 Å². The molecule has 0 aromatic rings. The maximum atomic E-state index is 2.42. The highest BCUT2D eigenvalue weighted by molar-refractivity contribution is 4.68. The molecule has 0 amide bonds. The van der Waals surface area contributed by atoms with Crippen LogP contribution in [0.2, 0.25) is 0 Å². The lowest BCUT2D eigenvalue weighted by atomic mass is 9.81. The quantitative estimate of drug-likeness (QED) is 0.488. The summed E-state index contributed by atoms with van der Waals surface area (Å²) in [5, 5.41) is 0. The number of rotatable bonds is 8. The van der Waals surface area contributed by atoms with Crippen LogP contribution in [-0.4, -0.2) is 0 Å². The SMILES string of the molecule is CCCC(C)(C)CCCC(CC)CC. The highest BCUT2D eigenvalue weighted by Gasteiger charge is 2.16. The van der Waals surface area contributed by atoms with Crippen LogP contribution in [0, 0.1) is 11.3 Å². The average Bonchev–Trinajstić information content (AvgIpc) is 2.12. The Labute approximate surface area is 91.5 Å².